The van der Waals surface area contributed by atoms with Gasteiger partial charge in [0.2, 0.25) is 0 Å². The quantitative estimate of drug-likeness (QED) is 0.583. The monoisotopic (exact) mass is 316 g/mol. The van der Waals surface area contributed by atoms with Gasteiger partial charge in [-0.25, -0.2) is 4.79 Å². The highest BCUT2D eigenvalue weighted by atomic mass is 16.5. The Morgan fingerprint density at radius 3 is 2.92 bits per heavy atom. The number of fused-ring (bicyclic) bond motifs is 6. The summed E-state index contributed by atoms with van der Waals surface area (Å²) in [5, 5.41) is 1.04. The second-order valence-electron chi connectivity index (χ2n) is 6.58. The summed E-state index contributed by atoms with van der Waals surface area (Å²) in [5.74, 6) is 1.22. The van der Waals surface area contributed by atoms with Gasteiger partial charge in [-0.1, -0.05) is 30.3 Å². The van der Waals surface area contributed by atoms with Crippen LogP contribution in [0.5, 0.6) is 5.75 Å². The zero-order chi connectivity index (χ0) is 16.3. The van der Waals surface area contributed by atoms with Gasteiger partial charge in [-0.15, -0.1) is 0 Å². The molecule has 0 N–H and O–H groups in total. The molecular weight excluding hydrogens is 300 g/mol. The van der Waals surface area contributed by atoms with Crippen LogP contribution >= 0.6 is 0 Å². The van der Waals surface area contributed by atoms with Crippen LogP contribution in [0.4, 0.5) is 0 Å². The molecule has 1 atom stereocenters. The van der Waals surface area contributed by atoms with Gasteiger partial charge in [0.05, 0.1) is 5.56 Å². The summed E-state index contributed by atoms with van der Waals surface area (Å²) in [4.78, 5) is 12.5. The molecule has 0 saturated heterocycles. The van der Waals surface area contributed by atoms with E-state index in [-0.39, 0.29) is 11.5 Å². The van der Waals surface area contributed by atoms with Gasteiger partial charge >= 0.3 is 5.63 Å². The third-order valence-electron chi connectivity index (χ3n) is 5.08. The van der Waals surface area contributed by atoms with Crippen molar-refractivity contribution in [2.75, 3.05) is 6.61 Å². The van der Waals surface area contributed by atoms with Gasteiger partial charge in [0.1, 0.15) is 17.9 Å². The van der Waals surface area contributed by atoms with E-state index < -0.39 is 0 Å². The van der Waals surface area contributed by atoms with Crippen molar-refractivity contribution in [3.63, 3.8) is 0 Å². The number of ether oxygens (including phenoxy) is 1. The first kappa shape index (κ1) is 13.6. The van der Waals surface area contributed by atoms with Crippen LogP contribution in [-0.2, 0) is 6.42 Å². The van der Waals surface area contributed by atoms with Gasteiger partial charge < -0.3 is 9.15 Å². The van der Waals surface area contributed by atoms with Crippen LogP contribution in [0.1, 0.15) is 28.2 Å². The lowest BCUT2D eigenvalue weighted by molar-refractivity contribution is 0.318. The summed E-state index contributed by atoms with van der Waals surface area (Å²) in [6, 6.07) is 14.3. The lowest BCUT2D eigenvalue weighted by atomic mass is 9.78. The number of benzene rings is 2. The van der Waals surface area contributed by atoms with Crippen molar-refractivity contribution in [3.8, 4) is 5.75 Å². The molecule has 2 aliphatic rings. The van der Waals surface area contributed by atoms with Crippen molar-refractivity contribution in [1.82, 2.24) is 0 Å². The van der Waals surface area contributed by atoms with E-state index in [4.69, 9.17) is 9.15 Å². The Morgan fingerprint density at radius 2 is 2.00 bits per heavy atom. The molecule has 0 bridgehead atoms. The van der Waals surface area contributed by atoms with Crippen LogP contribution in [0.15, 0.2) is 57.2 Å². The standard InChI is InChI=1S/C21H16O3/c1-12-6-7-15-17-10-16-13(9-18(17)21(22)24-20(15)8-12)11-23-19-5-3-2-4-14(16)19/h2-9,16H,10-11H2,1H3. The second-order valence-corrected chi connectivity index (χ2v) is 6.58. The normalized spacial score (nSPS) is 18.2. The number of para-hydroxylation sites is 1. The average Bonchev–Trinajstić information content (AvgIpc) is 2.60. The SMILES string of the molecule is Cc1ccc2c3c(c(=O)oc2c1)C=C1COc2ccccc2C1C3. The smallest absolute Gasteiger partial charge is 0.343 e. The molecule has 0 spiro atoms. The molecule has 1 aromatic heterocycles. The summed E-state index contributed by atoms with van der Waals surface area (Å²) in [5.41, 5.74) is 5.64. The van der Waals surface area contributed by atoms with Crippen molar-refractivity contribution in [1.29, 1.82) is 0 Å². The van der Waals surface area contributed by atoms with E-state index in [1.165, 1.54) is 5.56 Å². The summed E-state index contributed by atoms with van der Waals surface area (Å²) in [6.45, 7) is 2.54. The molecule has 0 amide bonds. The molecule has 118 valence electrons. The Kier molecular flexibility index (Phi) is 2.75. The van der Waals surface area contributed by atoms with Crippen LogP contribution in [-0.4, -0.2) is 6.61 Å². The van der Waals surface area contributed by atoms with Gasteiger partial charge in [-0.3, -0.25) is 0 Å². The molecule has 0 fully saturated rings. The summed E-state index contributed by atoms with van der Waals surface area (Å²) in [6.07, 6.45) is 2.79. The number of hydrogen-bond acceptors (Lipinski definition) is 3. The third-order valence-corrected chi connectivity index (χ3v) is 5.08. The van der Waals surface area contributed by atoms with E-state index in [1.54, 1.807) is 0 Å². The zero-order valence-electron chi connectivity index (χ0n) is 13.3. The lowest BCUT2D eigenvalue weighted by Crippen LogP contribution is -2.24. The highest BCUT2D eigenvalue weighted by Gasteiger charge is 2.31. The molecular formula is C21H16O3. The maximum atomic E-state index is 12.5. The van der Waals surface area contributed by atoms with E-state index in [1.807, 2.05) is 37.3 Å². The molecule has 1 aliphatic heterocycles. The summed E-state index contributed by atoms with van der Waals surface area (Å²) < 4.78 is 11.4. The summed E-state index contributed by atoms with van der Waals surface area (Å²) in [7, 11) is 0. The van der Waals surface area contributed by atoms with Crippen LogP contribution in [0.2, 0.25) is 0 Å². The molecule has 2 heterocycles. The fourth-order valence-corrected chi connectivity index (χ4v) is 3.89. The number of aryl methyl sites for hydroxylation is 1. The number of rotatable bonds is 0. The largest absolute Gasteiger partial charge is 0.489 e. The Bertz CT molecular complexity index is 1070. The molecule has 1 unspecified atom stereocenters. The topological polar surface area (TPSA) is 39.4 Å². The van der Waals surface area contributed by atoms with Crippen LogP contribution in [0.25, 0.3) is 17.0 Å². The average molecular weight is 316 g/mol. The van der Waals surface area contributed by atoms with Gasteiger partial charge in [-0.2, -0.15) is 0 Å². The summed E-state index contributed by atoms with van der Waals surface area (Å²) >= 11 is 0. The van der Waals surface area contributed by atoms with Crippen molar-refractivity contribution >= 4 is 17.0 Å². The Labute approximate surface area is 139 Å². The van der Waals surface area contributed by atoms with Crippen molar-refractivity contribution in [3.05, 3.63) is 80.7 Å². The first-order chi connectivity index (χ1) is 11.7. The van der Waals surface area contributed by atoms with Gasteiger partial charge in [0.15, 0.2) is 0 Å². The molecule has 0 saturated carbocycles. The molecule has 3 heteroatoms. The van der Waals surface area contributed by atoms with Crippen molar-refractivity contribution in [2.24, 2.45) is 0 Å². The van der Waals surface area contributed by atoms with Crippen molar-refractivity contribution in [2.45, 2.75) is 19.3 Å². The third kappa shape index (κ3) is 1.88. The number of hydrogen-bond donors (Lipinski definition) is 0. The minimum Gasteiger partial charge on any atom is -0.489 e. The first-order valence-electron chi connectivity index (χ1n) is 8.19. The first-order valence-corrected chi connectivity index (χ1v) is 8.19. The fraction of sp³-hybridized carbons (Fsp3) is 0.190. The maximum absolute atomic E-state index is 12.5. The Balaban J connectivity index is 1.77. The Hall–Kier alpha value is -2.81. The van der Waals surface area contributed by atoms with Crippen LogP contribution in [0, 0.1) is 6.92 Å². The van der Waals surface area contributed by atoms with E-state index >= 15 is 0 Å². The Morgan fingerprint density at radius 1 is 1.12 bits per heavy atom. The van der Waals surface area contributed by atoms with E-state index in [0.717, 1.165) is 34.3 Å². The molecule has 3 nitrogen and oxygen atoms in total. The van der Waals surface area contributed by atoms with Gasteiger partial charge in [0, 0.05) is 16.9 Å². The minimum absolute atomic E-state index is 0.257. The molecule has 2 aromatic carbocycles. The fourth-order valence-electron chi connectivity index (χ4n) is 3.89. The van der Waals surface area contributed by atoms with E-state index in [0.29, 0.717) is 17.8 Å². The predicted molar refractivity (Wildman–Crippen MR) is 93.6 cm³/mol. The lowest BCUT2D eigenvalue weighted by Gasteiger charge is -2.32. The predicted octanol–water partition coefficient (Wildman–Crippen LogP) is 4.22. The van der Waals surface area contributed by atoms with E-state index in [2.05, 4.69) is 18.2 Å². The molecule has 1 aliphatic carbocycles. The zero-order valence-corrected chi connectivity index (χ0v) is 13.3. The van der Waals surface area contributed by atoms with Gasteiger partial charge in [0.25, 0.3) is 0 Å². The molecule has 5 rings (SSSR count). The highest BCUT2D eigenvalue weighted by molar-refractivity contribution is 5.85. The van der Waals surface area contributed by atoms with E-state index in [9.17, 15) is 4.79 Å². The minimum atomic E-state index is -0.257. The van der Waals surface area contributed by atoms with Crippen LogP contribution < -0.4 is 10.4 Å². The molecule has 24 heavy (non-hydrogen) atoms. The molecule has 0 radical (unpaired) electrons. The molecule has 3 aromatic rings. The highest BCUT2D eigenvalue weighted by Crippen LogP contribution is 2.43. The van der Waals surface area contributed by atoms with Crippen molar-refractivity contribution < 1.29 is 9.15 Å². The van der Waals surface area contributed by atoms with Crippen LogP contribution in [0.3, 0.4) is 0 Å². The second kappa shape index (κ2) is 4.84. The van der Waals surface area contributed by atoms with Gasteiger partial charge in [-0.05, 0) is 48.3 Å². The maximum Gasteiger partial charge on any atom is 0.343 e.